The fourth-order valence-corrected chi connectivity index (χ4v) is 5.67. The lowest BCUT2D eigenvalue weighted by atomic mass is 10.2. The van der Waals surface area contributed by atoms with Gasteiger partial charge in [0.2, 0.25) is 10.0 Å². The zero-order valence-corrected chi connectivity index (χ0v) is 18.9. The summed E-state index contributed by atoms with van der Waals surface area (Å²) in [4.78, 5) is 15.4. The predicted molar refractivity (Wildman–Crippen MR) is 119 cm³/mol. The number of nitriles is 1. The Labute approximate surface area is 188 Å². The Morgan fingerprint density at radius 1 is 1.19 bits per heavy atom. The largest absolute Gasteiger partial charge is 0.375 e. The fraction of sp³-hybridized carbons (Fsp3) is 0.263. The van der Waals surface area contributed by atoms with Crippen LogP contribution in [0.1, 0.15) is 4.88 Å². The van der Waals surface area contributed by atoms with Gasteiger partial charge in [-0.1, -0.05) is 22.9 Å². The van der Waals surface area contributed by atoms with E-state index in [4.69, 9.17) is 17.3 Å². The molecule has 1 aliphatic rings. The Balaban J connectivity index is 1.73. The molecule has 0 bridgehead atoms. The minimum atomic E-state index is -3.71. The molecule has 2 N–H and O–H groups in total. The summed E-state index contributed by atoms with van der Waals surface area (Å²) in [5, 5.41) is 9.83. The van der Waals surface area contributed by atoms with E-state index >= 15 is 0 Å². The Hall–Kier alpha value is -2.62. The summed E-state index contributed by atoms with van der Waals surface area (Å²) in [5.41, 5.74) is 6.95. The fourth-order valence-electron chi connectivity index (χ4n) is 3.23. The van der Waals surface area contributed by atoms with Crippen LogP contribution in [0.2, 0.25) is 5.02 Å². The molecule has 1 saturated heterocycles. The van der Waals surface area contributed by atoms with Gasteiger partial charge < -0.3 is 10.6 Å². The number of thiazole rings is 1. The molecule has 1 fully saturated rings. The van der Waals surface area contributed by atoms with Gasteiger partial charge in [0.1, 0.15) is 16.6 Å². The number of hydrogen-bond acceptors (Lipinski definition) is 9. The summed E-state index contributed by atoms with van der Waals surface area (Å²) in [6.07, 6.45) is 1.52. The van der Waals surface area contributed by atoms with Crippen molar-refractivity contribution < 1.29 is 8.42 Å². The number of hydrogen-bond donors (Lipinski definition) is 1. The van der Waals surface area contributed by atoms with E-state index in [1.165, 1.54) is 22.6 Å². The van der Waals surface area contributed by atoms with E-state index < -0.39 is 10.0 Å². The standard InChI is InChI=1S/C19H18ClN7O2S2/c1-26-4-6-27(7-5-26)31(28,29)14-9-12(8-13(20)10-14)18-23-3-2-15(24-18)17-16(11-21)30-19(22)25-17/h2-3,8-10H,4-7H2,1H3,(H2,22,25). The maximum Gasteiger partial charge on any atom is 0.243 e. The lowest BCUT2D eigenvalue weighted by Crippen LogP contribution is -2.47. The Bertz CT molecular complexity index is 1280. The van der Waals surface area contributed by atoms with E-state index in [2.05, 4.69) is 25.9 Å². The molecule has 4 rings (SSSR count). The van der Waals surface area contributed by atoms with Crippen molar-refractivity contribution in [2.24, 2.45) is 0 Å². The molecule has 3 aromatic rings. The lowest BCUT2D eigenvalue weighted by Gasteiger charge is -2.31. The number of sulfonamides is 1. The highest BCUT2D eigenvalue weighted by Crippen LogP contribution is 2.31. The number of benzene rings is 1. The van der Waals surface area contributed by atoms with Gasteiger partial charge in [-0.05, 0) is 31.3 Å². The molecule has 0 radical (unpaired) electrons. The number of anilines is 1. The average molecular weight is 476 g/mol. The molecule has 1 aliphatic heterocycles. The molecule has 0 spiro atoms. The number of rotatable bonds is 4. The minimum Gasteiger partial charge on any atom is -0.375 e. The van der Waals surface area contributed by atoms with Gasteiger partial charge in [-0.15, -0.1) is 0 Å². The highest BCUT2D eigenvalue weighted by atomic mass is 35.5. The van der Waals surface area contributed by atoms with E-state index in [1.807, 2.05) is 7.05 Å². The average Bonchev–Trinajstić information content (AvgIpc) is 3.14. The summed E-state index contributed by atoms with van der Waals surface area (Å²) in [6, 6.07) is 8.22. The van der Waals surface area contributed by atoms with Gasteiger partial charge in [0.05, 0.1) is 10.6 Å². The van der Waals surface area contributed by atoms with Crippen molar-refractivity contribution in [2.75, 3.05) is 39.0 Å². The molecule has 0 unspecified atom stereocenters. The van der Waals surface area contributed by atoms with Crippen LogP contribution in [0.4, 0.5) is 5.13 Å². The third-order valence-electron chi connectivity index (χ3n) is 4.87. The maximum atomic E-state index is 13.2. The van der Waals surface area contributed by atoms with Crippen molar-refractivity contribution >= 4 is 38.1 Å². The maximum absolute atomic E-state index is 13.2. The first-order valence-electron chi connectivity index (χ1n) is 9.27. The van der Waals surface area contributed by atoms with Gasteiger partial charge in [0, 0.05) is 43.0 Å². The van der Waals surface area contributed by atoms with Crippen LogP contribution in [-0.4, -0.2) is 65.8 Å². The highest BCUT2D eigenvalue weighted by Gasteiger charge is 2.28. The predicted octanol–water partition coefficient (Wildman–Crippen LogP) is 2.31. The second-order valence-electron chi connectivity index (χ2n) is 6.99. The number of piperazine rings is 1. The van der Waals surface area contributed by atoms with Crippen LogP contribution in [0.5, 0.6) is 0 Å². The highest BCUT2D eigenvalue weighted by molar-refractivity contribution is 7.89. The zero-order valence-electron chi connectivity index (χ0n) is 16.5. The lowest BCUT2D eigenvalue weighted by molar-refractivity contribution is 0.222. The second-order valence-corrected chi connectivity index (χ2v) is 10.4. The summed E-state index contributed by atoms with van der Waals surface area (Å²) in [6.45, 7) is 2.15. The Morgan fingerprint density at radius 3 is 2.65 bits per heavy atom. The van der Waals surface area contributed by atoms with Crippen LogP contribution in [0.15, 0.2) is 35.4 Å². The summed E-state index contributed by atoms with van der Waals surface area (Å²) < 4.78 is 27.8. The molecule has 0 aliphatic carbocycles. The molecule has 9 nitrogen and oxygen atoms in total. The van der Waals surface area contributed by atoms with Gasteiger partial charge in [0.25, 0.3) is 0 Å². The summed E-state index contributed by atoms with van der Waals surface area (Å²) >= 11 is 7.33. The molecular weight excluding hydrogens is 458 g/mol. The first kappa shape index (κ1) is 21.6. The summed E-state index contributed by atoms with van der Waals surface area (Å²) in [7, 11) is -1.75. The number of aromatic nitrogens is 3. The molecule has 0 atom stereocenters. The van der Waals surface area contributed by atoms with Crippen LogP contribution in [0.25, 0.3) is 22.8 Å². The van der Waals surface area contributed by atoms with Crippen molar-refractivity contribution in [2.45, 2.75) is 4.90 Å². The molecule has 160 valence electrons. The smallest absolute Gasteiger partial charge is 0.243 e. The number of halogens is 1. The van der Waals surface area contributed by atoms with Gasteiger partial charge >= 0.3 is 0 Å². The number of nitrogens with zero attached hydrogens (tertiary/aromatic N) is 6. The normalized spacial score (nSPS) is 15.6. The topological polar surface area (TPSA) is 129 Å². The molecule has 0 amide bonds. The van der Waals surface area contributed by atoms with Crippen LogP contribution >= 0.6 is 22.9 Å². The third kappa shape index (κ3) is 4.39. The number of likely N-dealkylation sites (N-methyl/N-ethyl adjacent to an activating group) is 1. The van der Waals surface area contributed by atoms with Crippen LogP contribution in [-0.2, 0) is 10.0 Å². The van der Waals surface area contributed by atoms with E-state index in [0.29, 0.717) is 48.0 Å². The van der Waals surface area contributed by atoms with Crippen LogP contribution < -0.4 is 5.73 Å². The molecule has 1 aromatic carbocycles. The first-order chi connectivity index (χ1) is 14.8. The van der Waals surface area contributed by atoms with Crippen LogP contribution in [0.3, 0.4) is 0 Å². The second kappa shape index (κ2) is 8.49. The van der Waals surface area contributed by atoms with Gasteiger partial charge in [0.15, 0.2) is 11.0 Å². The van der Waals surface area contributed by atoms with Crippen LogP contribution in [0, 0.1) is 11.3 Å². The van der Waals surface area contributed by atoms with E-state index in [-0.39, 0.29) is 20.9 Å². The molecule has 2 aromatic heterocycles. The van der Waals surface area contributed by atoms with Crippen molar-refractivity contribution in [1.29, 1.82) is 5.26 Å². The summed E-state index contributed by atoms with van der Waals surface area (Å²) in [5.74, 6) is 0.269. The van der Waals surface area contributed by atoms with Gasteiger partial charge in [-0.25, -0.2) is 23.4 Å². The van der Waals surface area contributed by atoms with E-state index in [0.717, 1.165) is 11.3 Å². The zero-order chi connectivity index (χ0) is 22.2. The van der Waals surface area contributed by atoms with Crippen molar-refractivity contribution in [3.05, 3.63) is 40.4 Å². The van der Waals surface area contributed by atoms with E-state index in [9.17, 15) is 13.7 Å². The third-order valence-corrected chi connectivity index (χ3v) is 7.76. The van der Waals surface area contributed by atoms with Crippen molar-refractivity contribution in [3.63, 3.8) is 0 Å². The SMILES string of the molecule is CN1CCN(S(=O)(=O)c2cc(Cl)cc(-c3nccc(-c4nc(N)sc4C#N)n3)c2)CC1. The molecule has 12 heteroatoms. The minimum absolute atomic E-state index is 0.0872. The van der Waals surface area contributed by atoms with Gasteiger partial charge in [-0.3, -0.25) is 0 Å². The molecule has 31 heavy (non-hydrogen) atoms. The van der Waals surface area contributed by atoms with Crippen molar-refractivity contribution in [1.82, 2.24) is 24.2 Å². The Kier molecular flexibility index (Phi) is 5.92. The molecule has 0 saturated carbocycles. The van der Waals surface area contributed by atoms with Crippen molar-refractivity contribution in [3.8, 4) is 28.8 Å². The number of nitrogen functional groups attached to an aromatic ring is 1. The first-order valence-corrected chi connectivity index (χ1v) is 11.9. The molecular formula is C19H18ClN7O2S2. The van der Waals surface area contributed by atoms with Gasteiger partial charge in [-0.2, -0.15) is 9.57 Å². The molecule has 3 heterocycles. The monoisotopic (exact) mass is 475 g/mol. The quantitative estimate of drug-likeness (QED) is 0.608. The Morgan fingerprint density at radius 2 is 1.94 bits per heavy atom. The van der Waals surface area contributed by atoms with E-state index in [1.54, 1.807) is 12.1 Å². The number of nitrogens with two attached hydrogens (primary N) is 1.